The monoisotopic (exact) mass is 542 g/mol. The highest BCUT2D eigenvalue weighted by Gasteiger charge is 2.26. The van der Waals surface area contributed by atoms with Crippen LogP contribution < -0.4 is 10.6 Å². The summed E-state index contributed by atoms with van der Waals surface area (Å²) >= 11 is 0. The highest BCUT2D eigenvalue weighted by atomic mass is 16.6. The Morgan fingerprint density at radius 3 is 2.15 bits per heavy atom. The minimum absolute atomic E-state index is 0.0193. The summed E-state index contributed by atoms with van der Waals surface area (Å²) in [6.07, 6.45) is 5.46. The van der Waals surface area contributed by atoms with Crippen LogP contribution in [0.15, 0.2) is 91.0 Å². The van der Waals surface area contributed by atoms with E-state index in [4.69, 9.17) is 4.74 Å². The Morgan fingerprint density at radius 1 is 0.900 bits per heavy atom. The molecule has 2 atom stereocenters. The third kappa shape index (κ3) is 8.78. The SMILES string of the molecule is O=C(NC(C=Cc1ccc([N+](=O)[O-])cc1)CCc1ccccc1)C(Cc1ccccc1)NC(=O)N1CCOCC1. The van der Waals surface area contributed by atoms with Gasteiger partial charge in [0.2, 0.25) is 5.91 Å². The van der Waals surface area contributed by atoms with Crippen LogP contribution in [0.2, 0.25) is 0 Å². The van der Waals surface area contributed by atoms with Gasteiger partial charge in [0.25, 0.3) is 5.69 Å². The Labute approximate surface area is 234 Å². The van der Waals surface area contributed by atoms with Gasteiger partial charge in [0.15, 0.2) is 0 Å². The van der Waals surface area contributed by atoms with Gasteiger partial charge in [0.1, 0.15) is 6.04 Å². The van der Waals surface area contributed by atoms with Crippen LogP contribution in [0, 0.1) is 10.1 Å². The molecule has 0 saturated carbocycles. The largest absolute Gasteiger partial charge is 0.378 e. The molecule has 3 amide bonds. The van der Waals surface area contributed by atoms with E-state index in [1.807, 2.05) is 72.8 Å². The van der Waals surface area contributed by atoms with Gasteiger partial charge in [-0.25, -0.2) is 4.79 Å². The predicted octanol–water partition coefficient (Wildman–Crippen LogP) is 4.38. The van der Waals surface area contributed by atoms with Crippen LogP contribution in [0.1, 0.15) is 23.1 Å². The van der Waals surface area contributed by atoms with E-state index in [1.54, 1.807) is 17.0 Å². The van der Waals surface area contributed by atoms with Gasteiger partial charge in [-0.15, -0.1) is 0 Å². The van der Waals surface area contributed by atoms with E-state index in [-0.39, 0.29) is 23.7 Å². The van der Waals surface area contributed by atoms with Gasteiger partial charge in [-0.2, -0.15) is 0 Å². The molecular weight excluding hydrogens is 508 g/mol. The van der Waals surface area contributed by atoms with E-state index in [1.165, 1.54) is 12.1 Å². The predicted molar refractivity (Wildman–Crippen MR) is 154 cm³/mol. The second kappa shape index (κ2) is 14.6. The van der Waals surface area contributed by atoms with Gasteiger partial charge in [-0.05, 0) is 41.7 Å². The molecular formula is C31H34N4O5. The minimum Gasteiger partial charge on any atom is -0.378 e. The average molecular weight is 543 g/mol. The molecule has 3 aromatic carbocycles. The van der Waals surface area contributed by atoms with Crippen LogP contribution in [0.3, 0.4) is 0 Å². The molecule has 9 heteroatoms. The highest BCUT2D eigenvalue weighted by Crippen LogP contribution is 2.15. The summed E-state index contributed by atoms with van der Waals surface area (Å²) in [5.41, 5.74) is 2.89. The molecule has 1 saturated heterocycles. The fourth-order valence-corrected chi connectivity index (χ4v) is 4.47. The van der Waals surface area contributed by atoms with Crippen molar-refractivity contribution in [2.75, 3.05) is 26.3 Å². The van der Waals surface area contributed by atoms with Crippen molar-refractivity contribution in [3.8, 4) is 0 Å². The molecule has 1 aliphatic heterocycles. The van der Waals surface area contributed by atoms with E-state index >= 15 is 0 Å². The lowest BCUT2D eigenvalue weighted by Crippen LogP contribution is -2.55. The van der Waals surface area contributed by atoms with Crippen LogP contribution >= 0.6 is 0 Å². The lowest BCUT2D eigenvalue weighted by atomic mass is 10.0. The van der Waals surface area contributed by atoms with Crippen LogP contribution in [-0.2, 0) is 22.4 Å². The smallest absolute Gasteiger partial charge is 0.318 e. The number of carbonyl (C=O) groups excluding carboxylic acids is 2. The number of nitro benzene ring substituents is 1. The Bertz CT molecular complexity index is 1280. The van der Waals surface area contributed by atoms with Crippen molar-refractivity contribution in [3.05, 3.63) is 118 Å². The number of urea groups is 1. The molecule has 2 unspecified atom stereocenters. The van der Waals surface area contributed by atoms with Gasteiger partial charge in [0, 0.05) is 37.7 Å². The summed E-state index contributed by atoms with van der Waals surface area (Å²) in [5.74, 6) is -0.281. The second-order valence-corrected chi connectivity index (χ2v) is 9.64. The zero-order chi connectivity index (χ0) is 28.2. The molecule has 4 rings (SSSR count). The molecule has 40 heavy (non-hydrogen) atoms. The van der Waals surface area contributed by atoms with Gasteiger partial charge < -0.3 is 20.3 Å². The van der Waals surface area contributed by atoms with Gasteiger partial charge in [-0.3, -0.25) is 14.9 Å². The number of ether oxygens (including phenoxy) is 1. The maximum Gasteiger partial charge on any atom is 0.318 e. The lowest BCUT2D eigenvalue weighted by molar-refractivity contribution is -0.384. The lowest BCUT2D eigenvalue weighted by Gasteiger charge is -2.29. The number of amides is 3. The molecule has 0 spiro atoms. The molecule has 2 N–H and O–H groups in total. The van der Waals surface area contributed by atoms with Crippen molar-refractivity contribution < 1.29 is 19.2 Å². The van der Waals surface area contributed by atoms with Gasteiger partial charge >= 0.3 is 6.03 Å². The van der Waals surface area contributed by atoms with E-state index in [9.17, 15) is 19.7 Å². The van der Waals surface area contributed by atoms with Gasteiger partial charge in [-0.1, -0.05) is 72.8 Å². The molecule has 208 valence electrons. The number of hydrogen-bond donors (Lipinski definition) is 2. The average Bonchev–Trinajstić information content (AvgIpc) is 2.99. The summed E-state index contributed by atoms with van der Waals surface area (Å²) < 4.78 is 5.35. The fourth-order valence-electron chi connectivity index (χ4n) is 4.47. The van der Waals surface area contributed by atoms with Crippen molar-refractivity contribution in [2.24, 2.45) is 0 Å². The maximum absolute atomic E-state index is 13.6. The first kappa shape index (κ1) is 28.5. The van der Waals surface area contributed by atoms with Crippen LogP contribution in [-0.4, -0.2) is 60.1 Å². The number of non-ortho nitro benzene ring substituents is 1. The van der Waals surface area contributed by atoms with Gasteiger partial charge in [0.05, 0.1) is 18.1 Å². The highest BCUT2D eigenvalue weighted by molar-refractivity contribution is 5.87. The maximum atomic E-state index is 13.6. The Balaban J connectivity index is 1.50. The van der Waals surface area contributed by atoms with Crippen LogP contribution in [0.25, 0.3) is 6.08 Å². The van der Waals surface area contributed by atoms with E-state index < -0.39 is 11.0 Å². The minimum atomic E-state index is -0.773. The fraction of sp³-hybridized carbons (Fsp3) is 0.290. The van der Waals surface area contributed by atoms with Crippen molar-refractivity contribution in [2.45, 2.75) is 31.3 Å². The Hall–Kier alpha value is -4.50. The topological polar surface area (TPSA) is 114 Å². The summed E-state index contributed by atoms with van der Waals surface area (Å²) in [5, 5.41) is 17.1. The molecule has 0 radical (unpaired) electrons. The standard InChI is InChI=1S/C31H34N4O5/c36-30(29(23-26-9-5-2-6-10-26)33-31(37)34-19-21-40-22-20-34)32-27(15-11-24-7-3-1-4-8-24)16-12-25-13-17-28(18-14-25)35(38)39/h1-10,12-14,16-18,27,29H,11,15,19-23H2,(H,32,36)(H,33,37). The normalized spacial score (nSPS) is 14.8. The van der Waals surface area contributed by atoms with Crippen molar-refractivity contribution in [1.82, 2.24) is 15.5 Å². The van der Waals surface area contributed by atoms with Crippen molar-refractivity contribution in [3.63, 3.8) is 0 Å². The molecule has 0 bridgehead atoms. The molecule has 1 heterocycles. The molecule has 3 aromatic rings. The van der Waals surface area contributed by atoms with Crippen molar-refractivity contribution in [1.29, 1.82) is 0 Å². The molecule has 0 aromatic heterocycles. The molecule has 9 nitrogen and oxygen atoms in total. The van der Waals surface area contributed by atoms with E-state index in [0.29, 0.717) is 39.1 Å². The van der Waals surface area contributed by atoms with E-state index in [0.717, 1.165) is 23.1 Å². The quantitative estimate of drug-likeness (QED) is 0.276. The number of rotatable bonds is 11. The number of carbonyl (C=O) groups is 2. The van der Waals surface area contributed by atoms with E-state index in [2.05, 4.69) is 10.6 Å². The van der Waals surface area contributed by atoms with Crippen LogP contribution in [0.4, 0.5) is 10.5 Å². The number of benzene rings is 3. The zero-order valence-corrected chi connectivity index (χ0v) is 22.3. The third-order valence-corrected chi connectivity index (χ3v) is 6.73. The molecule has 1 aliphatic rings. The van der Waals surface area contributed by atoms with Crippen LogP contribution in [0.5, 0.6) is 0 Å². The first-order chi connectivity index (χ1) is 19.5. The number of nitrogens with zero attached hydrogens (tertiary/aromatic N) is 2. The summed E-state index contributed by atoms with van der Waals surface area (Å²) in [6, 6.07) is 24.4. The zero-order valence-electron chi connectivity index (χ0n) is 22.3. The number of nitro groups is 1. The number of morpholine rings is 1. The summed E-state index contributed by atoms with van der Waals surface area (Å²) in [4.78, 5) is 38.9. The van der Waals surface area contributed by atoms with Crippen molar-refractivity contribution >= 4 is 23.7 Å². The summed E-state index contributed by atoms with van der Waals surface area (Å²) in [6.45, 7) is 1.89. The first-order valence-corrected chi connectivity index (χ1v) is 13.4. The number of hydrogen-bond acceptors (Lipinski definition) is 5. The number of aryl methyl sites for hydroxylation is 1. The second-order valence-electron chi connectivity index (χ2n) is 9.64. The Kier molecular flexibility index (Phi) is 10.4. The molecule has 1 fully saturated rings. The summed E-state index contributed by atoms with van der Waals surface area (Å²) in [7, 11) is 0. The third-order valence-electron chi connectivity index (χ3n) is 6.73. The Morgan fingerprint density at radius 2 is 1.52 bits per heavy atom. The first-order valence-electron chi connectivity index (χ1n) is 13.4. The molecule has 0 aliphatic carbocycles. The number of nitrogens with one attached hydrogen (secondary N) is 2.